The Balaban J connectivity index is 2.87. The molecule has 106 valence electrons. The van der Waals surface area contributed by atoms with Gasteiger partial charge in [-0.05, 0) is 13.8 Å². The second kappa shape index (κ2) is 7.52. The molecule has 1 heterocycles. The molecule has 0 aliphatic heterocycles. The molecule has 0 fully saturated rings. The summed E-state index contributed by atoms with van der Waals surface area (Å²) in [5.74, 6) is 1.46. The van der Waals surface area contributed by atoms with E-state index in [1.165, 1.54) is 0 Å². The first-order valence-electron chi connectivity index (χ1n) is 6.24. The van der Waals surface area contributed by atoms with Gasteiger partial charge in [0.15, 0.2) is 5.82 Å². The summed E-state index contributed by atoms with van der Waals surface area (Å²) in [5, 5.41) is 2.75. The number of anilines is 2. The van der Waals surface area contributed by atoms with Gasteiger partial charge in [0.1, 0.15) is 18.2 Å². The van der Waals surface area contributed by atoms with Gasteiger partial charge in [0.25, 0.3) is 0 Å². The summed E-state index contributed by atoms with van der Waals surface area (Å²) in [7, 11) is 1.57. The first-order chi connectivity index (χ1) is 9.10. The van der Waals surface area contributed by atoms with E-state index in [9.17, 15) is 4.79 Å². The third-order valence-corrected chi connectivity index (χ3v) is 2.47. The van der Waals surface area contributed by atoms with Gasteiger partial charge in [0.05, 0.1) is 6.54 Å². The SMILES string of the molecule is CCNC(=O)CN(CC)c1cc(N)nc(COC)n1. The molecule has 3 N–H and O–H groups in total. The van der Waals surface area contributed by atoms with E-state index in [4.69, 9.17) is 10.5 Å². The number of nitrogens with two attached hydrogens (primary N) is 1. The number of likely N-dealkylation sites (N-methyl/N-ethyl adjacent to an activating group) is 2. The van der Waals surface area contributed by atoms with Crippen molar-refractivity contribution in [3.8, 4) is 0 Å². The minimum absolute atomic E-state index is 0.0465. The van der Waals surface area contributed by atoms with Gasteiger partial charge in [0.2, 0.25) is 5.91 Å². The number of nitrogens with zero attached hydrogens (tertiary/aromatic N) is 3. The Labute approximate surface area is 113 Å². The average Bonchev–Trinajstić information content (AvgIpc) is 2.36. The molecule has 0 saturated heterocycles. The van der Waals surface area contributed by atoms with E-state index in [1.54, 1.807) is 13.2 Å². The van der Waals surface area contributed by atoms with Crippen LogP contribution < -0.4 is 16.0 Å². The number of hydrogen-bond donors (Lipinski definition) is 2. The third-order valence-electron chi connectivity index (χ3n) is 2.47. The summed E-state index contributed by atoms with van der Waals surface area (Å²) in [5.41, 5.74) is 5.74. The van der Waals surface area contributed by atoms with Crippen LogP contribution in [0.5, 0.6) is 0 Å². The number of amides is 1. The van der Waals surface area contributed by atoms with Gasteiger partial charge in [-0.2, -0.15) is 0 Å². The largest absolute Gasteiger partial charge is 0.384 e. The van der Waals surface area contributed by atoms with Gasteiger partial charge < -0.3 is 20.7 Å². The van der Waals surface area contributed by atoms with E-state index >= 15 is 0 Å². The van der Waals surface area contributed by atoms with Crippen LogP contribution in [-0.4, -0.2) is 42.6 Å². The lowest BCUT2D eigenvalue weighted by molar-refractivity contribution is -0.119. The Hall–Kier alpha value is -1.89. The molecule has 0 spiro atoms. The fraction of sp³-hybridized carbons (Fsp3) is 0.583. The number of rotatable bonds is 7. The first-order valence-corrected chi connectivity index (χ1v) is 6.24. The number of methoxy groups -OCH3 is 1. The molecule has 0 radical (unpaired) electrons. The van der Waals surface area contributed by atoms with Gasteiger partial charge in [-0.1, -0.05) is 0 Å². The number of aromatic nitrogens is 2. The molecule has 0 aliphatic rings. The van der Waals surface area contributed by atoms with Gasteiger partial charge >= 0.3 is 0 Å². The number of carbonyl (C=O) groups excluding carboxylic acids is 1. The van der Waals surface area contributed by atoms with E-state index in [-0.39, 0.29) is 19.1 Å². The summed E-state index contributed by atoms with van der Waals surface area (Å²) in [6.45, 7) is 5.63. The predicted octanol–water partition coefficient (Wildman–Crippen LogP) is 0.168. The molecule has 0 unspecified atom stereocenters. The minimum atomic E-state index is -0.0465. The normalized spacial score (nSPS) is 10.3. The zero-order valence-corrected chi connectivity index (χ0v) is 11.6. The van der Waals surface area contributed by atoms with Gasteiger partial charge in [0, 0.05) is 26.3 Å². The number of ether oxygens (including phenoxy) is 1. The molecule has 0 bridgehead atoms. The van der Waals surface area contributed by atoms with Crippen LogP contribution in [0.15, 0.2) is 6.07 Å². The minimum Gasteiger partial charge on any atom is -0.384 e. The highest BCUT2D eigenvalue weighted by Gasteiger charge is 2.12. The van der Waals surface area contributed by atoms with Crippen LogP contribution in [0, 0.1) is 0 Å². The Morgan fingerprint density at radius 1 is 1.47 bits per heavy atom. The van der Waals surface area contributed by atoms with E-state index < -0.39 is 0 Å². The predicted molar refractivity (Wildman–Crippen MR) is 73.7 cm³/mol. The highest BCUT2D eigenvalue weighted by Crippen LogP contribution is 2.14. The molecule has 0 atom stereocenters. The van der Waals surface area contributed by atoms with Crippen LogP contribution in [0.25, 0.3) is 0 Å². The monoisotopic (exact) mass is 267 g/mol. The van der Waals surface area contributed by atoms with E-state index in [0.717, 1.165) is 0 Å². The molecular weight excluding hydrogens is 246 g/mol. The van der Waals surface area contributed by atoms with Crippen molar-refractivity contribution in [2.45, 2.75) is 20.5 Å². The summed E-state index contributed by atoms with van der Waals surface area (Å²) in [4.78, 5) is 21.9. The molecule has 0 aromatic carbocycles. The van der Waals surface area contributed by atoms with Gasteiger partial charge in [-0.3, -0.25) is 4.79 Å². The van der Waals surface area contributed by atoms with E-state index in [2.05, 4.69) is 15.3 Å². The lowest BCUT2D eigenvalue weighted by atomic mass is 10.4. The summed E-state index contributed by atoms with van der Waals surface area (Å²) >= 11 is 0. The molecule has 7 heteroatoms. The molecule has 1 amide bonds. The van der Waals surface area contributed by atoms with Crippen molar-refractivity contribution in [1.29, 1.82) is 0 Å². The fourth-order valence-electron chi connectivity index (χ4n) is 1.64. The maximum Gasteiger partial charge on any atom is 0.239 e. The summed E-state index contributed by atoms with van der Waals surface area (Å²) in [6, 6.07) is 1.65. The third kappa shape index (κ3) is 4.70. The quantitative estimate of drug-likeness (QED) is 0.731. The van der Waals surface area contributed by atoms with Crippen molar-refractivity contribution in [1.82, 2.24) is 15.3 Å². The Bertz CT molecular complexity index is 425. The van der Waals surface area contributed by atoms with Crippen LogP contribution in [0.4, 0.5) is 11.6 Å². The maximum absolute atomic E-state index is 11.6. The second-order valence-electron chi connectivity index (χ2n) is 3.97. The van der Waals surface area contributed by atoms with Crippen LogP contribution >= 0.6 is 0 Å². The van der Waals surface area contributed by atoms with E-state index in [1.807, 2.05) is 18.7 Å². The van der Waals surface area contributed by atoms with Crippen molar-refractivity contribution in [2.24, 2.45) is 0 Å². The van der Waals surface area contributed by atoms with Gasteiger partial charge in [-0.15, -0.1) is 0 Å². The molecule has 1 rings (SSSR count). The maximum atomic E-state index is 11.6. The fourth-order valence-corrected chi connectivity index (χ4v) is 1.64. The number of carbonyl (C=O) groups is 1. The van der Waals surface area contributed by atoms with Crippen molar-refractivity contribution < 1.29 is 9.53 Å². The topological polar surface area (TPSA) is 93.4 Å². The zero-order chi connectivity index (χ0) is 14.3. The second-order valence-corrected chi connectivity index (χ2v) is 3.97. The van der Waals surface area contributed by atoms with Gasteiger partial charge in [-0.25, -0.2) is 9.97 Å². The van der Waals surface area contributed by atoms with Crippen molar-refractivity contribution in [3.05, 3.63) is 11.9 Å². The summed E-state index contributed by atoms with van der Waals surface area (Å²) in [6.07, 6.45) is 0. The number of hydrogen-bond acceptors (Lipinski definition) is 6. The zero-order valence-electron chi connectivity index (χ0n) is 11.6. The van der Waals surface area contributed by atoms with Crippen LogP contribution in [-0.2, 0) is 16.1 Å². The standard InChI is InChI=1S/C12H21N5O2/c1-4-14-12(18)7-17(5-2)11-6-9(13)15-10(16-11)8-19-3/h6H,4-5,7-8H2,1-3H3,(H,14,18)(H2,13,15,16). The lowest BCUT2D eigenvalue weighted by Crippen LogP contribution is -2.37. The van der Waals surface area contributed by atoms with Crippen molar-refractivity contribution in [2.75, 3.05) is 37.4 Å². The number of nitrogens with one attached hydrogen (secondary N) is 1. The highest BCUT2D eigenvalue weighted by atomic mass is 16.5. The van der Waals surface area contributed by atoms with Crippen LogP contribution in [0.1, 0.15) is 19.7 Å². The Kier molecular flexibility index (Phi) is 6.01. The Morgan fingerprint density at radius 3 is 2.79 bits per heavy atom. The molecule has 0 aliphatic carbocycles. The molecule has 1 aromatic rings. The molecule has 1 aromatic heterocycles. The van der Waals surface area contributed by atoms with Crippen molar-refractivity contribution in [3.63, 3.8) is 0 Å². The average molecular weight is 267 g/mol. The van der Waals surface area contributed by atoms with Crippen LogP contribution in [0.3, 0.4) is 0 Å². The van der Waals surface area contributed by atoms with Crippen molar-refractivity contribution >= 4 is 17.5 Å². The number of nitrogen functional groups attached to an aromatic ring is 1. The smallest absolute Gasteiger partial charge is 0.239 e. The molecule has 7 nitrogen and oxygen atoms in total. The lowest BCUT2D eigenvalue weighted by Gasteiger charge is -2.21. The highest BCUT2D eigenvalue weighted by molar-refractivity contribution is 5.81. The summed E-state index contributed by atoms with van der Waals surface area (Å²) < 4.78 is 4.99. The molecular formula is C12H21N5O2. The first kappa shape index (κ1) is 15.2. The molecule has 0 saturated carbocycles. The Morgan fingerprint density at radius 2 is 2.21 bits per heavy atom. The van der Waals surface area contributed by atoms with Crippen LogP contribution in [0.2, 0.25) is 0 Å². The molecule has 19 heavy (non-hydrogen) atoms. The van der Waals surface area contributed by atoms with E-state index in [0.29, 0.717) is 30.5 Å².